The summed E-state index contributed by atoms with van der Waals surface area (Å²) in [5, 5.41) is 0. The number of hydrogen-bond acceptors (Lipinski definition) is 0. The van der Waals surface area contributed by atoms with Crippen LogP contribution < -0.4 is 49.6 Å². The molecule has 0 bridgehead atoms. The van der Waals surface area contributed by atoms with E-state index in [0.717, 1.165) is 0 Å². The van der Waals surface area contributed by atoms with E-state index in [0.29, 0.717) is 7.25 Å². The molecule has 0 radical (unpaired) electrons. The molecule has 262 valence electrons. The molecule has 4 aromatic rings. The quantitative estimate of drug-likeness (QED) is 0.225. The van der Waals surface area contributed by atoms with E-state index in [9.17, 15) is 0 Å². The van der Waals surface area contributed by atoms with Gasteiger partial charge >= 0.3 is 305 Å². The Balaban J connectivity index is 0.00000173. The van der Waals surface area contributed by atoms with Crippen LogP contribution in [0.25, 0.3) is 34.4 Å². The van der Waals surface area contributed by atoms with Gasteiger partial charge in [0.2, 0.25) is 0 Å². The maximum atomic E-state index is 2.69. The summed E-state index contributed by atoms with van der Waals surface area (Å²) in [6.45, 7) is 13.7. The second-order valence-electron chi connectivity index (χ2n) is 14.6. The van der Waals surface area contributed by atoms with Gasteiger partial charge in [0.1, 0.15) is 0 Å². The normalized spacial score (nSPS) is 17.3. The van der Waals surface area contributed by atoms with Crippen molar-refractivity contribution < 1.29 is 96.1 Å². The topological polar surface area (TPSA) is 0 Å². The van der Waals surface area contributed by atoms with Crippen LogP contribution >= 0.6 is 0 Å². The van der Waals surface area contributed by atoms with Gasteiger partial charge in [-0.05, 0) is 0 Å². The molecule has 0 spiro atoms. The van der Waals surface area contributed by atoms with E-state index in [-0.39, 0.29) is 75.8 Å². The fourth-order valence-corrected chi connectivity index (χ4v) is 26.7. The Morgan fingerprint density at radius 1 is 0.540 bits per heavy atom. The van der Waals surface area contributed by atoms with Crippen molar-refractivity contribution >= 4 is 12.2 Å². The van der Waals surface area contributed by atoms with Crippen molar-refractivity contribution in [1.29, 1.82) is 0 Å². The number of fused-ring (bicyclic) bond motifs is 2. The van der Waals surface area contributed by atoms with Gasteiger partial charge in [0, 0.05) is 0 Å². The Bertz CT molecular complexity index is 1680. The predicted octanol–water partition coefficient (Wildman–Crippen LogP) is 1.23. The summed E-state index contributed by atoms with van der Waals surface area (Å²) < 4.78 is 4.46. The summed E-state index contributed by atoms with van der Waals surface area (Å²) in [6.07, 6.45) is 13.0. The van der Waals surface area contributed by atoms with Crippen molar-refractivity contribution in [3.8, 4) is 22.3 Å². The summed E-state index contributed by atoms with van der Waals surface area (Å²) in [5.41, 5.74) is 21.1. The van der Waals surface area contributed by atoms with Crippen LogP contribution in [-0.2, 0) is 46.5 Å². The van der Waals surface area contributed by atoms with Crippen LogP contribution in [0.2, 0.25) is 8.26 Å². The van der Waals surface area contributed by atoms with E-state index in [4.69, 9.17) is 0 Å². The first-order chi connectivity index (χ1) is 21.8. The minimum Gasteiger partial charge on any atom is -1.00 e. The monoisotopic (exact) mass is 898 g/mol. The first-order valence-corrected chi connectivity index (χ1v) is 24.0. The van der Waals surface area contributed by atoms with Gasteiger partial charge in [-0.15, -0.1) is 0 Å². The van der Waals surface area contributed by atoms with Gasteiger partial charge in [-0.25, -0.2) is 0 Å². The molecule has 50 heavy (non-hydrogen) atoms. The van der Waals surface area contributed by atoms with Gasteiger partial charge < -0.3 is 49.6 Å². The molecule has 2 aliphatic carbocycles. The zero-order chi connectivity index (χ0) is 31.3. The van der Waals surface area contributed by atoms with Crippen LogP contribution in [0.15, 0.2) is 83.9 Å². The number of benzene rings is 4. The van der Waals surface area contributed by atoms with Crippen molar-refractivity contribution in [2.45, 2.75) is 95.6 Å². The first kappa shape index (κ1) is 45.4. The number of hydrogen-bond donors (Lipinski definition) is 0. The zero-order valence-corrected chi connectivity index (χ0v) is 38.3. The smallest absolute Gasteiger partial charge is 1.00 e. The number of unbranched alkanes of at least 4 members (excludes halogenated alkanes) is 2. The SMILES string of the molecule is CCCCC1=Cc2c(-c3cc(C)cc(C)c3)cccc2[CH]1[Zr]1([CH]2C(CCCC)=Cc3c(-c4cc(C)cc(C)c4)cccc32)[CH2][CH2]1.[Cl-].[Cl-].[Cl-].[Cl-].[Zr+4]. The number of aryl methyl sites for hydroxylation is 4. The fourth-order valence-electron chi connectivity index (χ4n) is 9.13. The minimum atomic E-state index is -2.77. The van der Waals surface area contributed by atoms with E-state index in [1.807, 2.05) is 0 Å². The Hall–Kier alpha value is -0.714. The second kappa shape index (κ2) is 19.0. The molecule has 1 heterocycles. The second-order valence-corrected chi connectivity index (χ2v) is 26.0. The van der Waals surface area contributed by atoms with E-state index in [2.05, 4.69) is 126 Å². The third-order valence-electron chi connectivity index (χ3n) is 11.0. The van der Waals surface area contributed by atoms with Gasteiger partial charge in [0.25, 0.3) is 0 Å². The zero-order valence-electron chi connectivity index (χ0n) is 30.4. The van der Waals surface area contributed by atoms with Crippen molar-refractivity contribution in [2.75, 3.05) is 0 Å². The van der Waals surface area contributed by atoms with Crippen molar-refractivity contribution in [2.24, 2.45) is 0 Å². The fraction of sp³-hybridized carbons (Fsp3) is 0.364. The molecule has 1 saturated heterocycles. The number of allylic oxidation sites excluding steroid dienone is 2. The molecule has 0 N–H and O–H groups in total. The summed E-state index contributed by atoms with van der Waals surface area (Å²) in [5.74, 6) is 0. The molecular weight excluding hydrogens is 853 g/mol. The Labute approximate surface area is 351 Å². The van der Waals surface area contributed by atoms with Gasteiger partial charge in [0.15, 0.2) is 0 Å². The maximum Gasteiger partial charge on any atom is 4.00 e. The van der Waals surface area contributed by atoms with Crippen LogP contribution in [0.1, 0.15) is 104 Å². The minimum absolute atomic E-state index is 0. The molecule has 2 unspecified atom stereocenters. The molecule has 3 aliphatic rings. The van der Waals surface area contributed by atoms with Gasteiger partial charge in [0.05, 0.1) is 0 Å². The van der Waals surface area contributed by atoms with Crippen LogP contribution in [0.5, 0.6) is 0 Å². The largest absolute Gasteiger partial charge is 4.00 e. The molecule has 1 fully saturated rings. The average Bonchev–Trinajstić information content (AvgIpc) is 3.55. The van der Waals surface area contributed by atoms with E-state index < -0.39 is 20.3 Å². The van der Waals surface area contributed by atoms with Gasteiger partial charge in [-0.2, -0.15) is 0 Å². The maximum absolute atomic E-state index is 2.77. The summed E-state index contributed by atoms with van der Waals surface area (Å²) in [7, 11) is 0. The third kappa shape index (κ3) is 8.64. The summed E-state index contributed by atoms with van der Waals surface area (Å²) >= 11 is -2.77. The van der Waals surface area contributed by atoms with E-state index >= 15 is 0 Å². The predicted molar refractivity (Wildman–Crippen MR) is 193 cm³/mol. The Morgan fingerprint density at radius 3 is 1.22 bits per heavy atom. The van der Waals surface area contributed by atoms with Crippen molar-refractivity contribution in [1.82, 2.24) is 0 Å². The van der Waals surface area contributed by atoms with Gasteiger partial charge in [-0.1, -0.05) is 0 Å². The molecule has 0 amide bonds. The number of rotatable bonds is 10. The summed E-state index contributed by atoms with van der Waals surface area (Å²) in [4.78, 5) is 0. The average molecular weight is 903 g/mol. The molecule has 4 aromatic carbocycles. The molecule has 2 atom stereocenters. The molecule has 7 rings (SSSR count). The van der Waals surface area contributed by atoms with Crippen molar-refractivity contribution in [3.05, 3.63) is 128 Å². The van der Waals surface area contributed by atoms with E-state index in [1.54, 1.807) is 33.4 Å². The first-order valence-electron chi connectivity index (χ1n) is 17.7. The number of halogens is 4. The van der Waals surface area contributed by atoms with E-state index in [1.165, 1.54) is 91.3 Å². The Kier molecular flexibility index (Phi) is 17.3. The molecule has 0 saturated carbocycles. The molecule has 1 aliphatic heterocycles. The third-order valence-corrected chi connectivity index (χ3v) is 24.1. The molecule has 0 aromatic heterocycles. The van der Waals surface area contributed by atoms with Crippen LogP contribution in [0, 0.1) is 27.7 Å². The Morgan fingerprint density at radius 2 is 0.900 bits per heavy atom. The van der Waals surface area contributed by atoms with Crippen molar-refractivity contribution in [3.63, 3.8) is 0 Å². The van der Waals surface area contributed by atoms with Crippen LogP contribution in [0.3, 0.4) is 0 Å². The summed E-state index contributed by atoms with van der Waals surface area (Å²) in [6, 6.07) is 28.8. The van der Waals surface area contributed by atoms with Crippen LogP contribution in [0.4, 0.5) is 0 Å². The molecular formula is C44H50Cl4Zr2. The standard InChI is InChI=1S/2C21H23.C2H4.4ClH.2Zr/c2*1-4-5-7-17-13-18-8-6-9-20(21(18)14-17)19-11-15(2)10-16(3)12-19;1-2;;;;;;/h2*6,8-14H,4-5,7H2,1-3H3;1-2H2;4*1H;;/q;;;;;;;;+4/p-4. The van der Waals surface area contributed by atoms with Gasteiger partial charge in [-0.3, -0.25) is 0 Å². The van der Waals surface area contributed by atoms with Crippen LogP contribution in [-0.4, -0.2) is 0 Å². The molecule has 0 nitrogen and oxygen atoms in total. The molecule has 6 heteroatoms.